The molecule has 0 saturated carbocycles. The Morgan fingerprint density at radius 1 is 1.18 bits per heavy atom. The molecule has 2 aromatic rings. The van der Waals surface area contributed by atoms with Gasteiger partial charge in [-0.1, -0.05) is 18.2 Å². The summed E-state index contributed by atoms with van der Waals surface area (Å²) in [6, 6.07) is 10.8. The molecule has 0 aromatic heterocycles. The summed E-state index contributed by atoms with van der Waals surface area (Å²) < 4.78 is 25.5. The molecule has 1 saturated heterocycles. The number of halogens is 1. The summed E-state index contributed by atoms with van der Waals surface area (Å²) in [4.78, 5) is 11.4. The van der Waals surface area contributed by atoms with Crippen LogP contribution in [0.1, 0.15) is 32.3 Å². The lowest BCUT2D eigenvalue weighted by atomic mass is 9.89. The maximum Gasteiger partial charge on any atom is 0.229 e. The molecule has 1 unspecified atom stereocenters. The Morgan fingerprint density at radius 3 is 2.55 bits per heavy atom. The third kappa shape index (κ3) is 5.69. The fourth-order valence-electron chi connectivity index (χ4n) is 3.84. The highest BCUT2D eigenvalue weighted by Crippen LogP contribution is 2.35. The van der Waals surface area contributed by atoms with Crippen LogP contribution in [-0.4, -0.2) is 69.7 Å². The third-order valence-corrected chi connectivity index (χ3v) is 5.75. The van der Waals surface area contributed by atoms with Crippen LogP contribution in [0.3, 0.4) is 0 Å². The first-order valence-corrected chi connectivity index (χ1v) is 10.7. The summed E-state index contributed by atoms with van der Waals surface area (Å²) in [6.45, 7) is 4.43. The smallest absolute Gasteiger partial charge is 0.229 e. The minimum atomic E-state index is -1.50. The molecule has 5 atom stereocenters. The molecule has 180 valence electrons. The van der Waals surface area contributed by atoms with E-state index in [0.717, 1.165) is 0 Å². The highest BCUT2D eigenvalue weighted by molar-refractivity contribution is 5.73. The zero-order chi connectivity index (χ0) is 24.3. The standard InChI is InChI=1S/C24H30FNO7/c1-13(28)26-11-15(12-27)18-8-7-17(10-19(18)14-5-4-6-16(25)9-14)32-23-21(30)20(29)22(31)24(2,3)33-23/h4-10,15,20-23,27,29-31H,11-12H2,1-3H3,(H,26,28)/t15?,20-,21+,22+,23+/m0/s1. The molecule has 3 rings (SSSR count). The summed E-state index contributed by atoms with van der Waals surface area (Å²) in [5.74, 6) is -0.893. The van der Waals surface area contributed by atoms with Gasteiger partial charge in [-0.05, 0) is 54.8 Å². The number of carbonyl (C=O) groups is 1. The highest BCUT2D eigenvalue weighted by Gasteiger charge is 2.49. The van der Waals surface area contributed by atoms with Crippen molar-refractivity contribution >= 4 is 5.91 Å². The summed E-state index contributed by atoms with van der Waals surface area (Å²) in [5, 5.41) is 43.3. The number of aliphatic hydroxyl groups excluding tert-OH is 4. The van der Waals surface area contributed by atoms with Gasteiger partial charge >= 0.3 is 0 Å². The van der Waals surface area contributed by atoms with Gasteiger partial charge in [0.1, 0.15) is 29.9 Å². The van der Waals surface area contributed by atoms with Crippen LogP contribution in [0.4, 0.5) is 4.39 Å². The van der Waals surface area contributed by atoms with Crippen LogP contribution in [0.25, 0.3) is 11.1 Å². The fraction of sp³-hybridized carbons (Fsp3) is 0.458. The quantitative estimate of drug-likeness (QED) is 0.419. The molecule has 1 aliphatic heterocycles. The van der Waals surface area contributed by atoms with E-state index in [-0.39, 0.29) is 24.8 Å². The molecule has 1 heterocycles. The van der Waals surface area contributed by atoms with E-state index in [2.05, 4.69) is 5.32 Å². The molecule has 1 amide bonds. The molecule has 33 heavy (non-hydrogen) atoms. The zero-order valence-electron chi connectivity index (χ0n) is 18.7. The Balaban J connectivity index is 1.97. The van der Waals surface area contributed by atoms with E-state index in [0.29, 0.717) is 16.7 Å². The van der Waals surface area contributed by atoms with E-state index < -0.39 is 41.9 Å². The number of hydrogen-bond acceptors (Lipinski definition) is 7. The second kappa shape index (κ2) is 10.1. The number of hydrogen-bond donors (Lipinski definition) is 5. The Labute approximate surface area is 191 Å². The fourth-order valence-corrected chi connectivity index (χ4v) is 3.84. The molecule has 8 nitrogen and oxygen atoms in total. The van der Waals surface area contributed by atoms with Gasteiger partial charge < -0.3 is 35.2 Å². The van der Waals surface area contributed by atoms with Crippen molar-refractivity contribution in [1.29, 1.82) is 0 Å². The van der Waals surface area contributed by atoms with E-state index in [9.17, 15) is 29.6 Å². The number of amides is 1. The van der Waals surface area contributed by atoms with Crippen molar-refractivity contribution in [2.24, 2.45) is 0 Å². The van der Waals surface area contributed by atoms with Gasteiger partial charge in [0.2, 0.25) is 12.2 Å². The molecule has 1 aliphatic rings. The molecule has 5 N–H and O–H groups in total. The second-order valence-electron chi connectivity index (χ2n) is 8.71. The SMILES string of the molecule is CC(=O)NCC(CO)c1ccc(O[C@@H]2OC(C)(C)[C@H](O)[C@@H](O)[C@H]2O)cc1-c1cccc(F)c1. The molecular weight excluding hydrogens is 433 g/mol. The van der Waals surface area contributed by atoms with Crippen LogP contribution in [0.5, 0.6) is 5.75 Å². The van der Waals surface area contributed by atoms with E-state index in [4.69, 9.17) is 9.47 Å². The first kappa shape index (κ1) is 25.1. The Morgan fingerprint density at radius 2 is 1.91 bits per heavy atom. The first-order chi connectivity index (χ1) is 15.5. The van der Waals surface area contributed by atoms with E-state index in [1.807, 2.05) is 0 Å². The van der Waals surface area contributed by atoms with Gasteiger partial charge in [0, 0.05) is 19.4 Å². The van der Waals surface area contributed by atoms with Crippen molar-refractivity contribution < 1.29 is 39.1 Å². The van der Waals surface area contributed by atoms with Crippen molar-refractivity contribution in [2.75, 3.05) is 13.2 Å². The summed E-state index contributed by atoms with van der Waals surface area (Å²) in [7, 11) is 0. The van der Waals surface area contributed by atoms with Gasteiger partial charge in [-0.2, -0.15) is 0 Å². The van der Waals surface area contributed by atoms with Crippen LogP contribution >= 0.6 is 0 Å². The maximum absolute atomic E-state index is 14.0. The van der Waals surface area contributed by atoms with Gasteiger partial charge in [-0.15, -0.1) is 0 Å². The third-order valence-electron chi connectivity index (χ3n) is 5.75. The predicted octanol–water partition coefficient (Wildman–Crippen LogP) is 1.30. The molecule has 0 radical (unpaired) electrons. The molecule has 0 bridgehead atoms. The number of benzene rings is 2. The summed E-state index contributed by atoms with van der Waals surface area (Å²) in [5.41, 5.74) is 0.568. The van der Waals surface area contributed by atoms with E-state index in [1.54, 1.807) is 44.2 Å². The van der Waals surface area contributed by atoms with Crippen molar-refractivity contribution in [2.45, 2.75) is 56.9 Å². The van der Waals surface area contributed by atoms with Crippen LogP contribution in [0.15, 0.2) is 42.5 Å². The number of nitrogens with one attached hydrogen (secondary N) is 1. The number of ether oxygens (including phenoxy) is 2. The largest absolute Gasteiger partial charge is 0.462 e. The molecular formula is C24H30FNO7. The van der Waals surface area contributed by atoms with E-state index >= 15 is 0 Å². The number of carbonyl (C=O) groups excluding carboxylic acids is 1. The minimum Gasteiger partial charge on any atom is -0.462 e. The van der Waals surface area contributed by atoms with Crippen LogP contribution < -0.4 is 10.1 Å². The Hall–Kier alpha value is -2.56. The summed E-state index contributed by atoms with van der Waals surface area (Å²) >= 11 is 0. The van der Waals surface area contributed by atoms with Crippen molar-refractivity contribution in [3.8, 4) is 16.9 Å². The van der Waals surface area contributed by atoms with Gasteiger partial charge in [-0.3, -0.25) is 4.79 Å². The molecule has 1 fully saturated rings. The Kier molecular flexibility index (Phi) is 7.71. The van der Waals surface area contributed by atoms with E-state index in [1.165, 1.54) is 19.1 Å². The average molecular weight is 464 g/mol. The molecule has 9 heteroatoms. The predicted molar refractivity (Wildman–Crippen MR) is 118 cm³/mol. The highest BCUT2D eigenvalue weighted by atomic mass is 19.1. The van der Waals surface area contributed by atoms with Crippen LogP contribution in [0.2, 0.25) is 0 Å². The van der Waals surface area contributed by atoms with Crippen molar-refractivity contribution in [3.05, 3.63) is 53.8 Å². The topological polar surface area (TPSA) is 128 Å². The molecule has 2 aromatic carbocycles. The molecule has 0 spiro atoms. The van der Waals surface area contributed by atoms with Crippen molar-refractivity contribution in [1.82, 2.24) is 5.32 Å². The van der Waals surface area contributed by atoms with Gasteiger partial charge in [0.05, 0.1) is 12.2 Å². The zero-order valence-corrected chi connectivity index (χ0v) is 18.7. The average Bonchev–Trinajstić information content (AvgIpc) is 2.77. The lowest BCUT2D eigenvalue weighted by molar-refractivity contribution is -0.301. The van der Waals surface area contributed by atoms with Crippen LogP contribution in [0, 0.1) is 5.82 Å². The maximum atomic E-state index is 14.0. The van der Waals surface area contributed by atoms with Crippen LogP contribution in [-0.2, 0) is 9.53 Å². The minimum absolute atomic E-state index is 0.178. The normalized spacial score (nSPS) is 25.3. The summed E-state index contributed by atoms with van der Waals surface area (Å²) in [6.07, 6.45) is -5.55. The first-order valence-electron chi connectivity index (χ1n) is 10.7. The Bertz CT molecular complexity index is 983. The van der Waals surface area contributed by atoms with Gasteiger partial charge in [0.15, 0.2) is 0 Å². The number of rotatable bonds is 7. The van der Waals surface area contributed by atoms with Gasteiger partial charge in [0.25, 0.3) is 0 Å². The lowest BCUT2D eigenvalue weighted by Gasteiger charge is -2.44. The second-order valence-corrected chi connectivity index (χ2v) is 8.71. The molecule has 0 aliphatic carbocycles. The monoisotopic (exact) mass is 463 g/mol. The number of aliphatic hydroxyl groups is 4. The van der Waals surface area contributed by atoms with Crippen molar-refractivity contribution in [3.63, 3.8) is 0 Å². The van der Waals surface area contributed by atoms with Gasteiger partial charge in [-0.25, -0.2) is 4.39 Å². The lowest BCUT2D eigenvalue weighted by Crippen LogP contribution is -2.63.